The van der Waals surface area contributed by atoms with Crippen LogP contribution in [0.5, 0.6) is 0 Å². The fourth-order valence-electron chi connectivity index (χ4n) is 1.99. The number of Topliss-reactive ketones (excluding diaryl/α,β-unsaturated/α-hetero) is 1. The minimum atomic E-state index is -1.12. The molecule has 2 rings (SSSR count). The van der Waals surface area contributed by atoms with E-state index in [1.54, 1.807) is 24.4 Å². The van der Waals surface area contributed by atoms with Gasteiger partial charge in [-0.3, -0.25) is 9.59 Å². The topological polar surface area (TPSA) is 94.0 Å². The van der Waals surface area contributed by atoms with Gasteiger partial charge in [0.2, 0.25) is 0 Å². The summed E-state index contributed by atoms with van der Waals surface area (Å²) in [5.41, 5.74) is 0.517. The number of hydrogen-bond donors (Lipinski definition) is 2. The molecule has 0 unspecified atom stereocenters. The third-order valence-electron chi connectivity index (χ3n) is 3.29. The van der Waals surface area contributed by atoms with Crippen molar-refractivity contribution in [2.75, 3.05) is 0 Å². The molecule has 5 heteroatoms. The van der Waals surface area contributed by atoms with E-state index in [-0.39, 0.29) is 12.2 Å². The maximum Gasteiger partial charge on any atom is 0.309 e. The number of aliphatic carboxylic acids is 1. The molecule has 2 aromatic rings. The summed E-state index contributed by atoms with van der Waals surface area (Å²) >= 11 is 0. The Morgan fingerprint density at radius 3 is 2.70 bits per heavy atom. The number of carbonyl (C=O) groups excluding carboxylic acids is 1. The van der Waals surface area contributed by atoms with Crippen molar-refractivity contribution < 1.29 is 14.7 Å². The van der Waals surface area contributed by atoms with Crippen molar-refractivity contribution in [3.8, 4) is 6.07 Å². The number of aromatic nitrogens is 1. The summed E-state index contributed by atoms with van der Waals surface area (Å²) in [6, 6.07) is 7.04. The molecule has 0 aliphatic carbocycles. The molecule has 102 valence electrons. The molecule has 1 aromatic heterocycles. The fourth-order valence-corrected chi connectivity index (χ4v) is 1.99. The quantitative estimate of drug-likeness (QED) is 0.835. The monoisotopic (exact) mass is 270 g/mol. The summed E-state index contributed by atoms with van der Waals surface area (Å²) in [5.74, 6) is -1.26. The number of carbonyl (C=O) groups is 2. The van der Waals surface area contributed by atoms with E-state index in [0.29, 0.717) is 16.5 Å². The first-order chi connectivity index (χ1) is 9.35. The van der Waals surface area contributed by atoms with Crippen LogP contribution in [-0.2, 0) is 4.79 Å². The summed E-state index contributed by atoms with van der Waals surface area (Å²) in [4.78, 5) is 26.3. The van der Waals surface area contributed by atoms with Gasteiger partial charge in [-0.15, -0.1) is 0 Å². The number of benzene rings is 1. The average Bonchev–Trinajstić information content (AvgIpc) is 2.80. The van der Waals surface area contributed by atoms with Gasteiger partial charge in [-0.2, -0.15) is 5.26 Å². The van der Waals surface area contributed by atoms with Crippen molar-refractivity contribution in [1.29, 1.82) is 5.26 Å². The fraction of sp³-hybridized carbons (Fsp3) is 0.267. The van der Waals surface area contributed by atoms with Crippen molar-refractivity contribution >= 4 is 22.7 Å². The van der Waals surface area contributed by atoms with Crippen LogP contribution in [0.2, 0.25) is 0 Å². The van der Waals surface area contributed by atoms with E-state index >= 15 is 0 Å². The Hall–Kier alpha value is -2.61. The van der Waals surface area contributed by atoms with E-state index in [0.717, 1.165) is 5.52 Å². The normalized spacial score (nSPS) is 11.2. The minimum Gasteiger partial charge on any atom is -0.481 e. The third-order valence-corrected chi connectivity index (χ3v) is 3.29. The molecular weight excluding hydrogens is 256 g/mol. The van der Waals surface area contributed by atoms with Crippen LogP contribution in [0, 0.1) is 16.7 Å². The van der Waals surface area contributed by atoms with Crippen molar-refractivity contribution in [2.45, 2.75) is 20.3 Å². The lowest BCUT2D eigenvalue weighted by molar-refractivity contribution is -0.146. The van der Waals surface area contributed by atoms with Crippen molar-refractivity contribution in [3.63, 3.8) is 0 Å². The second kappa shape index (κ2) is 4.82. The van der Waals surface area contributed by atoms with Gasteiger partial charge in [-0.25, -0.2) is 0 Å². The summed E-state index contributed by atoms with van der Waals surface area (Å²) in [6.07, 6.45) is 1.47. The molecule has 0 saturated heterocycles. The van der Waals surface area contributed by atoms with Gasteiger partial charge >= 0.3 is 5.97 Å². The van der Waals surface area contributed by atoms with Crippen LogP contribution in [-0.4, -0.2) is 21.8 Å². The van der Waals surface area contributed by atoms with Crippen LogP contribution in [0.15, 0.2) is 24.4 Å². The smallest absolute Gasteiger partial charge is 0.309 e. The highest BCUT2D eigenvalue weighted by Gasteiger charge is 2.31. The first kappa shape index (κ1) is 13.8. The average molecular weight is 270 g/mol. The summed E-state index contributed by atoms with van der Waals surface area (Å²) in [7, 11) is 0. The maximum atomic E-state index is 12.3. The maximum absolute atomic E-state index is 12.3. The molecule has 0 fully saturated rings. The third kappa shape index (κ3) is 2.41. The number of rotatable bonds is 4. The van der Waals surface area contributed by atoms with Crippen molar-refractivity contribution in [3.05, 3.63) is 35.5 Å². The van der Waals surface area contributed by atoms with E-state index < -0.39 is 11.4 Å². The van der Waals surface area contributed by atoms with E-state index in [9.17, 15) is 9.59 Å². The van der Waals surface area contributed by atoms with Gasteiger partial charge in [0.15, 0.2) is 5.78 Å². The van der Waals surface area contributed by atoms with Crippen molar-refractivity contribution in [2.24, 2.45) is 5.41 Å². The van der Waals surface area contributed by atoms with E-state index in [2.05, 4.69) is 4.98 Å². The number of hydrogen-bond acceptors (Lipinski definition) is 3. The highest BCUT2D eigenvalue weighted by molar-refractivity contribution is 6.09. The molecule has 0 atom stereocenters. The number of nitriles is 1. The van der Waals surface area contributed by atoms with Crippen molar-refractivity contribution in [1.82, 2.24) is 4.98 Å². The van der Waals surface area contributed by atoms with Gasteiger partial charge < -0.3 is 10.1 Å². The Labute approximate surface area is 115 Å². The first-order valence-electron chi connectivity index (χ1n) is 6.13. The molecule has 1 heterocycles. The Kier molecular flexibility index (Phi) is 3.33. The molecular formula is C15H14N2O3. The Morgan fingerprint density at radius 2 is 2.10 bits per heavy atom. The number of nitrogens with one attached hydrogen (secondary N) is 1. The van der Waals surface area contributed by atoms with Crippen LogP contribution in [0.3, 0.4) is 0 Å². The highest BCUT2D eigenvalue weighted by Crippen LogP contribution is 2.27. The zero-order chi connectivity index (χ0) is 14.9. The second-order valence-electron chi connectivity index (χ2n) is 5.36. The summed E-state index contributed by atoms with van der Waals surface area (Å²) < 4.78 is 0. The Morgan fingerprint density at radius 1 is 1.40 bits per heavy atom. The van der Waals surface area contributed by atoms with Crippen LogP contribution < -0.4 is 0 Å². The molecule has 0 aliphatic rings. The standard InChI is InChI=1S/C15H14N2O3/c1-15(2,14(19)20)6-13(18)11-8-17-12-4-3-9(7-16)5-10(11)12/h3-5,8,17H,6H2,1-2H3,(H,19,20). The number of H-pyrrole nitrogens is 1. The molecule has 0 spiro atoms. The predicted octanol–water partition coefficient (Wildman–Crippen LogP) is 2.72. The van der Waals surface area contributed by atoms with Gasteiger partial charge in [0.05, 0.1) is 17.0 Å². The number of fused-ring (bicyclic) bond motifs is 1. The number of carboxylic acids is 1. The zero-order valence-electron chi connectivity index (χ0n) is 11.2. The van der Waals surface area contributed by atoms with Crippen LogP contribution in [0.25, 0.3) is 10.9 Å². The van der Waals surface area contributed by atoms with E-state index in [1.807, 2.05) is 6.07 Å². The van der Waals surface area contributed by atoms with Gasteiger partial charge in [-0.05, 0) is 32.0 Å². The van der Waals surface area contributed by atoms with Gasteiger partial charge in [-0.1, -0.05) is 0 Å². The highest BCUT2D eigenvalue weighted by atomic mass is 16.4. The second-order valence-corrected chi connectivity index (χ2v) is 5.36. The molecule has 0 saturated carbocycles. The molecule has 0 aliphatic heterocycles. The number of ketones is 1. The van der Waals surface area contributed by atoms with Gasteiger partial charge in [0, 0.05) is 29.1 Å². The van der Waals surface area contributed by atoms with Gasteiger partial charge in [0.1, 0.15) is 0 Å². The lowest BCUT2D eigenvalue weighted by Gasteiger charge is -2.17. The van der Waals surface area contributed by atoms with E-state index in [4.69, 9.17) is 10.4 Å². The molecule has 2 N–H and O–H groups in total. The van der Waals surface area contributed by atoms with Crippen LogP contribution in [0.1, 0.15) is 36.2 Å². The molecule has 0 bridgehead atoms. The summed E-state index contributed by atoms with van der Waals surface area (Å²) in [6.45, 7) is 3.03. The van der Waals surface area contributed by atoms with Gasteiger partial charge in [0.25, 0.3) is 0 Å². The minimum absolute atomic E-state index is 0.0912. The molecule has 20 heavy (non-hydrogen) atoms. The number of aromatic amines is 1. The SMILES string of the molecule is CC(C)(CC(=O)c1c[nH]c2ccc(C#N)cc12)C(=O)O. The number of nitrogens with zero attached hydrogens (tertiary/aromatic N) is 1. The van der Waals surface area contributed by atoms with Crippen LogP contribution in [0.4, 0.5) is 0 Å². The zero-order valence-corrected chi connectivity index (χ0v) is 11.2. The lowest BCUT2D eigenvalue weighted by Crippen LogP contribution is -2.26. The molecule has 5 nitrogen and oxygen atoms in total. The molecule has 0 amide bonds. The van der Waals surface area contributed by atoms with E-state index in [1.165, 1.54) is 13.8 Å². The first-order valence-corrected chi connectivity index (χ1v) is 6.13. The predicted molar refractivity (Wildman–Crippen MR) is 73.4 cm³/mol. The largest absolute Gasteiger partial charge is 0.481 e. The number of carboxylic acid groups (broad SMARTS) is 1. The van der Waals surface area contributed by atoms with Crippen LogP contribution >= 0.6 is 0 Å². The Bertz CT molecular complexity index is 735. The summed E-state index contributed by atoms with van der Waals surface area (Å²) in [5, 5.41) is 18.6. The molecule has 1 aromatic carbocycles. The lowest BCUT2D eigenvalue weighted by atomic mass is 9.85. The Balaban J connectivity index is 2.41. The molecule has 0 radical (unpaired) electrons.